The number of hydrogen-bond acceptors (Lipinski definition) is 0. The second-order valence-electron chi connectivity index (χ2n) is 4.25. The van der Waals surface area contributed by atoms with Gasteiger partial charge in [0.1, 0.15) is 0 Å². The van der Waals surface area contributed by atoms with Crippen LogP contribution in [0.15, 0.2) is 12.2 Å². The summed E-state index contributed by atoms with van der Waals surface area (Å²) < 4.78 is 0. The first-order valence-electron chi connectivity index (χ1n) is 6.73. The van der Waals surface area contributed by atoms with Crippen molar-refractivity contribution < 1.29 is 0 Å². The van der Waals surface area contributed by atoms with Gasteiger partial charge >= 0.3 is 0 Å². The van der Waals surface area contributed by atoms with Crippen LogP contribution >= 0.6 is 8.58 Å². The maximum atomic E-state index is 2.29. The van der Waals surface area contributed by atoms with Crippen LogP contribution in [0.3, 0.4) is 0 Å². The van der Waals surface area contributed by atoms with Crippen molar-refractivity contribution in [3.05, 3.63) is 12.2 Å². The lowest BCUT2D eigenvalue weighted by Crippen LogP contribution is -1.82. The SMILES string of the molecule is CC=CCPCCCCCCCCCC. The number of rotatable bonds is 11. The lowest BCUT2D eigenvalue weighted by atomic mass is 10.1. The topological polar surface area (TPSA) is 0 Å². The maximum absolute atomic E-state index is 2.29. The molecule has 1 atom stereocenters. The molecule has 15 heavy (non-hydrogen) atoms. The highest BCUT2D eigenvalue weighted by Crippen LogP contribution is 2.15. The minimum absolute atomic E-state index is 1.16. The van der Waals surface area contributed by atoms with Gasteiger partial charge in [-0.05, 0) is 25.7 Å². The molecule has 0 spiro atoms. The van der Waals surface area contributed by atoms with Crippen LogP contribution in [0.5, 0.6) is 0 Å². The van der Waals surface area contributed by atoms with Gasteiger partial charge < -0.3 is 0 Å². The van der Waals surface area contributed by atoms with Gasteiger partial charge in [0.05, 0.1) is 0 Å². The summed E-state index contributed by atoms with van der Waals surface area (Å²) >= 11 is 0. The Morgan fingerprint density at radius 1 is 0.867 bits per heavy atom. The molecule has 1 heteroatoms. The van der Waals surface area contributed by atoms with E-state index in [0.717, 1.165) is 8.58 Å². The van der Waals surface area contributed by atoms with Crippen molar-refractivity contribution in [2.24, 2.45) is 0 Å². The minimum atomic E-state index is 1.16. The lowest BCUT2D eigenvalue weighted by molar-refractivity contribution is 0.586. The van der Waals surface area contributed by atoms with Crippen molar-refractivity contribution in [3.8, 4) is 0 Å². The zero-order valence-electron chi connectivity index (χ0n) is 10.7. The van der Waals surface area contributed by atoms with E-state index in [4.69, 9.17) is 0 Å². The van der Waals surface area contributed by atoms with E-state index < -0.39 is 0 Å². The van der Waals surface area contributed by atoms with Crippen molar-refractivity contribution in [2.45, 2.75) is 65.2 Å². The Morgan fingerprint density at radius 3 is 2.07 bits per heavy atom. The van der Waals surface area contributed by atoms with Crippen LogP contribution in [0, 0.1) is 0 Å². The molecule has 0 aromatic rings. The van der Waals surface area contributed by atoms with Crippen LogP contribution in [0.1, 0.15) is 65.2 Å². The first-order chi connectivity index (χ1) is 7.41. The molecule has 0 saturated heterocycles. The van der Waals surface area contributed by atoms with Crippen LogP contribution in [0.4, 0.5) is 0 Å². The monoisotopic (exact) mass is 228 g/mol. The van der Waals surface area contributed by atoms with E-state index in [1.54, 1.807) is 0 Å². The molecule has 0 amide bonds. The third-order valence-corrected chi connectivity index (χ3v) is 3.94. The van der Waals surface area contributed by atoms with Crippen LogP contribution in [-0.2, 0) is 0 Å². The zero-order chi connectivity index (χ0) is 11.2. The molecular weight excluding hydrogens is 199 g/mol. The zero-order valence-corrected chi connectivity index (χ0v) is 11.7. The van der Waals surface area contributed by atoms with Gasteiger partial charge in [-0.15, -0.1) is 8.58 Å². The molecule has 0 N–H and O–H groups in total. The number of allylic oxidation sites excluding steroid dienone is 2. The van der Waals surface area contributed by atoms with Crippen molar-refractivity contribution in [1.29, 1.82) is 0 Å². The first kappa shape index (κ1) is 15.2. The Bertz CT molecular complexity index is 129. The summed E-state index contributed by atoms with van der Waals surface area (Å²) in [5.74, 6) is 0. The molecule has 0 saturated carbocycles. The van der Waals surface area contributed by atoms with Gasteiger partial charge in [0.2, 0.25) is 0 Å². The van der Waals surface area contributed by atoms with Crippen molar-refractivity contribution >= 4 is 8.58 Å². The summed E-state index contributed by atoms with van der Waals surface area (Å²) in [6.07, 6.45) is 18.8. The summed E-state index contributed by atoms with van der Waals surface area (Å²) in [4.78, 5) is 0. The molecule has 0 heterocycles. The van der Waals surface area contributed by atoms with Crippen molar-refractivity contribution in [2.75, 3.05) is 12.3 Å². The largest absolute Gasteiger partial charge is 0.118 e. The van der Waals surface area contributed by atoms with Gasteiger partial charge in [-0.1, -0.05) is 64.0 Å². The summed E-state index contributed by atoms with van der Waals surface area (Å²) in [6, 6.07) is 0. The summed E-state index contributed by atoms with van der Waals surface area (Å²) in [5, 5.41) is 0. The Kier molecular flexibility index (Phi) is 14.3. The molecule has 90 valence electrons. The van der Waals surface area contributed by atoms with E-state index in [0.29, 0.717) is 0 Å². The highest BCUT2D eigenvalue weighted by Gasteiger charge is 1.91. The average Bonchev–Trinajstić information content (AvgIpc) is 2.26. The third kappa shape index (κ3) is 14.2. The van der Waals surface area contributed by atoms with E-state index in [9.17, 15) is 0 Å². The maximum Gasteiger partial charge on any atom is -0.0172 e. The summed E-state index contributed by atoms with van der Waals surface area (Å²) in [5.41, 5.74) is 0. The molecule has 0 aromatic heterocycles. The van der Waals surface area contributed by atoms with E-state index >= 15 is 0 Å². The van der Waals surface area contributed by atoms with Crippen LogP contribution in [0.25, 0.3) is 0 Å². The van der Waals surface area contributed by atoms with Gasteiger partial charge in [0, 0.05) is 0 Å². The van der Waals surface area contributed by atoms with Gasteiger partial charge in [-0.25, -0.2) is 0 Å². The minimum Gasteiger partial charge on any atom is -0.118 e. The van der Waals surface area contributed by atoms with Gasteiger partial charge in [-0.2, -0.15) is 0 Å². The van der Waals surface area contributed by atoms with Gasteiger partial charge in [0.15, 0.2) is 0 Å². The Labute approximate surface area is 98.7 Å². The second-order valence-corrected chi connectivity index (χ2v) is 5.66. The molecule has 0 aromatic carbocycles. The Morgan fingerprint density at radius 2 is 1.47 bits per heavy atom. The highest BCUT2D eigenvalue weighted by atomic mass is 31.1. The molecule has 0 fully saturated rings. The molecule has 0 aliphatic heterocycles. The van der Waals surface area contributed by atoms with Crippen LogP contribution < -0.4 is 0 Å². The second kappa shape index (κ2) is 14.2. The third-order valence-electron chi connectivity index (χ3n) is 2.70. The number of unbranched alkanes of at least 4 members (excludes halogenated alkanes) is 7. The van der Waals surface area contributed by atoms with E-state index in [-0.39, 0.29) is 0 Å². The molecule has 0 aliphatic rings. The quantitative estimate of drug-likeness (QED) is 0.253. The number of hydrogen-bond donors (Lipinski definition) is 0. The Hall–Kier alpha value is 0.170. The molecule has 0 nitrogen and oxygen atoms in total. The van der Waals surface area contributed by atoms with Gasteiger partial charge in [0.25, 0.3) is 0 Å². The standard InChI is InChI=1S/C14H29P/c1-3-5-7-8-9-10-11-12-14-15-13-6-4-2/h4,6,15H,3,5,7-14H2,1-2H3. The fraction of sp³-hybridized carbons (Fsp3) is 0.857. The van der Waals surface area contributed by atoms with E-state index in [2.05, 4.69) is 26.0 Å². The molecule has 1 unspecified atom stereocenters. The van der Waals surface area contributed by atoms with E-state index in [1.807, 2.05) is 0 Å². The summed E-state index contributed by atoms with van der Waals surface area (Å²) in [6.45, 7) is 4.40. The molecule has 0 aliphatic carbocycles. The fourth-order valence-corrected chi connectivity index (χ4v) is 2.79. The normalized spacial score (nSPS) is 12.1. The van der Waals surface area contributed by atoms with Crippen LogP contribution in [-0.4, -0.2) is 12.3 Å². The predicted octanol–water partition coefficient (Wildman–Crippen LogP) is 5.38. The van der Waals surface area contributed by atoms with E-state index in [1.165, 1.54) is 63.7 Å². The predicted molar refractivity (Wildman–Crippen MR) is 75.5 cm³/mol. The first-order valence-corrected chi connectivity index (χ1v) is 8.15. The molecule has 0 radical (unpaired) electrons. The lowest BCUT2D eigenvalue weighted by Gasteiger charge is -2.01. The van der Waals surface area contributed by atoms with Gasteiger partial charge in [-0.3, -0.25) is 0 Å². The Balaban J connectivity index is 2.86. The molecular formula is C14H29P. The van der Waals surface area contributed by atoms with Crippen LogP contribution in [0.2, 0.25) is 0 Å². The summed E-state index contributed by atoms with van der Waals surface area (Å²) in [7, 11) is 1.16. The van der Waals surface area contributed by atoms with Crippen molar-refractivity contribution in [3.63, 3.8) is 0 Å². The molecule has 0 bridgehead atoms. The molecule has 0 rings (SSSR count). The van der Waals surface area contributed by atoms with Crippen molar-refractivity contribution in [1.82, 2.24) is 0 Å². The fourth-order valence-electron chi connectivity index (χ4n) is 1.69. The highest BCUT2D eigenvalue weighted by molar-refractivity contribution is 7.38. The smallest absolute Gasteiger partial charge is 0.0172 e. The average molecular weight is 228 g/mol.